The van der Waals surface area contributed by atoms with E-state index in [0.29, 0.717) is 5.82 Å². The van der Waals surface area contributed by atoms with Gasteiger partial charge in [-0.1, -0.05) is 17.7 Å². The number of ether oxygens (including phenoxy) is 1. The normalized spacial score (nSPS) is 22.3. The minimum atomic E-state index is -4.39. The third kappa shape index (κ3) is 5.80. The number of quaternary nitrogens is 1. The number of aromatic nitrogens is 1. The van der Waals surface area contributed by atoms with Crippen molar-refractivity contribution in [2.75, 3.05) is 36.8 Å². The van der Waals surface area contributed by atoms with Gasteiger partial charge in [0.2, 0.25) is 0 Å². The molecule has 1 aromatic carbocycles. The Kier molecular flexibility index (Phi) is 8.32. The zero-order valence-corrected chi connectivity index (χ0v) is 24.9. The molecule has 1 amide bonds. The summed E-state index contributed by atoms with van der Waals surface area (Å²) in [6.45, 7) is 4.07. The largest absolute Gasteiger partial charge is 0.537 e. The van der Waals surface area contributed by atoms with E-state index in [2.05, 4.69) is 10.3 Å². The maximum absolute atomic E-state index is 14.0. The van der Waals surface area contributed by atoms with Crippen molar-refractivity contribution in [2.45, 2.75) is 36.1 Å². The predicted octanol–water partition coefficient (Wildman–Crippen LogP) is 4.38. The molecule has 2 aromatic rings. The zero-order chi connectivity index (χ0) is 29.4. The maximum atomic E-state index is 14.0. The van der Waals surface area contributed by atoms with Gasteiger partial charge in [0, 0.05) is 29.5 Å². The Balaban J connectivity index is 1.44. The van der Waals surface area contributed by atoms with Gasteiger partial charge in [-0.2, -0.15) is 13.2 Å². The van der Waals surface area contributed by atoms with Crippen LogP contribution in [0.15, 0.2) is 76.0 Å². The van der Waals surface area contributed by atoms with Gasteiger partial charge in [0.1, 0.15) is 35.0 Å². The molecular weight excluding hydrogens is 591 g/mol. The first-order valence-corrected chi connectivity index (χ1v) is 15.9. The van der Waals surface area contributed by atoms with Gasteiger partial charge in [-0.25, -0.2) is 9.37 Å². The van der Waals surface area contributed by atoms with E-state index < -0.39 is 31.2 Å². The van der Waals surface area contributed by atoms with Gasteiger partial charge in [0.25, 0.3) is 0 Å². The number of amides is 1. The van der Waals surface area contributed by atoms with Gasteiger partial charge in [-0.05, 0) is 62.7 Å². The van der Waals surface area contributed by atoms with Crippen LogP contribution in [0, 0.1) is 12.2 Å². The smallest absolute Gasteiger partial charge is 0.379 e. The molecule has 2 saturated heterocycles. The molecule has 2 aliphatic heterocycles. The van der Waals surface area contributed by atoms with E-state index in [1.54, 1.807) is 30.8 Å². The van der Waals surface area contributed by atoms with Crippen molar-refractivity contribution in [2.24, 2.45) is 0 Å². The molecule has 5 rings (SSSR count). The number of halogens is 2. The summed E-state index contributed by atoms with van der Waals surface area (Å²) in [5.41, 5.74) is -0.00633. The van der Waals surface area contributed by atoms with Crippen molar-refractivity contribution in [1.29, 1.82) is 0 Å². The molecule has 0 unspecified atom stereocenters. The average Bonchev–Trinajstić information content (AvgIpc) is 3.34. The molecule has 1 aliphatic carbocycles. The van der Waals surface area contributed by atoms with Crippen LogP contribution in [-0.2, 0) is 19.6 Å². The lowest BCUT2D eigenvalue weighted by Gasteiger charge is -2.40. The van der Waals surface area contributed by atoms with Crippen LogP contribution in [0.3, 0.4) is 0 Å². The van der Waals surface area contributed by atoms with Crippen molar-refractivity contribution in [3.63, 3.8) is 0 Å². The molecule has 3 heterocycles. The molecule has 41 heavy (non-hydrogen) atoms. The average molecular weight is 621 g/mol. The number of hydrogen-bond acceptors (Lipinski definition) is 9. The lowest BCUT2D eigenvalue weighted by molar-refractivity contribution is -0.731. The first kappa shape index (κ1) is 29.7. The number of nitrogens with zero attached hydrogens (tertiary/aromatic N) is 3. The summed E-state index contributed by atoms with van der Waals surface area (Å²) < 4.78 is 46.3. The molecule has 0 saturated carbocycles. The number of benzene rings is 1. The number of allylic oxidation sites excluding steroid dienone is 2. The van der Waals surface area contributed by atoms with Gasteiger partial charge in [0.15, 0.2) is 11.5 Å². The molecule has 1 radical (unpaired) electrons. The van der Waals surface area contributed by atoms with E-state index in [0.717, 1.165) is 30.0 Å². The maximum Gasteiger partial charge on any atom is 0.537 e. The molecule has 1 N–H and O–H groups in total. The second-order valence-electron chi connectivity index (χ2n) is 10.6. The highest BCUT2D eigenvalue weighted by Gasteiger charge is 2.54. The van der Waals surface area contributed by atoms with Crippen LogP contribution in [0.4, 0.5) is 15.0 Å². The summed E-state index contributed by atoms with van der Waals surface area (Å²) in [4.78, 5) is 33.2. The summed E-state index contributed by atoms with van der Waals surface area (Å²) in [5, 5.41) is 2.72. The van der Waals surface area contributed by atoms with Crippen molar-refractivity contribution in [3.05, 3.63) is 83.3 Å². The molecule has 0 spiro atoms. The quantitative estimate of drug-likeness (QED) is 0.471. The van der Waals surface area contributed by atoms with Gasteiger partial charge < -0.3 is 9.64 Å². The number of carbonyl (C=O) groups excluding carboxylic acids is 2. The van der Waals surface area contributed by atoms with Crippen LogP contribution in [0.5, 0.6) is 0 Å². The Morgan fingerprint density at radius 1 is 1.17 bits per heavy atom. The molecule has 1 aromatic heterocycles. The minimum absolute atomic E-state index is 0.0499. The number of rotatable bonds is 6. The number of thioether (sulfide) groups is 1. The highest BCUT2D eigenvalue weighted by molar-refractivity contribution is 8.00. The van der Waals surface area contributed by atoms with E-state index >= 15 is 0 Å². The Morgan fingerprint density at radius 3 is 2.49 bits per heavy atom. The molecule has 13 heteroatoms. The number of piperazine rings is 1. The van der Waals surface area contributed by atoms with E-state index in [9.17, 15) is 22.4 Å². The van der Waals surface area contributed by atoms with Crippen LogP contribution in [0.25, 0.3) is 0 Å². The summed E-state index contributed by atoms with van der Waals surface area (Å²) in [7, 11) is -4.39. The van der Waals surface area contributed by atoms with Gasteiger partial charge in [-0.15, -0.1) is 15.7 Å². The van der Waals surface area contributed by atoms with Crippen LogP contribution in [-0.4, -0.2) is 72.0 Å². The Morgan fingerprint density at radius 2 is 1.88 bits per heavy atom. The number of anilines is 1. The summed E-state index contributed by atoms with van der Waals surface area (Å²) in [6, 6.07) is 9.74. The molecule has 3 aliphatic rings. The third-order valence-electron chi connectivity index (χ3n) is 7.25. The predicted molar refractivity (Wildman–Crippen MR) is 155 cm³/mol. The van der Waals surface area contributed by atoms with E-state index in [4.69, 9.17) is 16.3 Å². The van der Waals surface area contributed by atoms with Crippen LogP contribution in [0.1, 0.15) is 20.3 Å². The first-order chi connectivity index (χ1) is 19.4. The van der Waals surface area contributed by atoms with Gasteiger partial charge in [0.05, 0.1) is 18.1 Å². The summed E-state index contributed by atoms with van der Waals surface area (Å²) in [6.07, 6.45) is 4.07. The molecule has 2 fully saturated rings. The number of pyridine rings is 1. The number of carbonyl (C=O) groups is 2. The molecule has 217 valence electrons. The monoisotopic (exact) mass is 620 g/mol. The van der Waals surface area contributed by atoms with E-state index in [1.807, 2.05) is 24.8 Å². The first-order valence-electron chi connectivity index (χ1n) is 13.1. The van der Waals surface area contributed by atoms with Crippen LogP contribution in [0.2, 0.25) is 0 Å². The van der Waals surface area contributed by atoms with Gasteiger partial charge >= 0.3 is 16.1 Å². The summed E-state index contributed by atoms with van der Waals surface area (Å²) >= 11 is 8.07. The highest BCUT2D eigenvalue weighted by Crippen LogP contribution is 2.36. The highest BCUT2D eigenvalue weighted by atomic mass is 35.5. The fourth-order valence-electron chi connectivity index (χ4n) is 4.97. The van der Waals surface area contributed by atoms with E-state index in [1.165, 1.54) is 11.8 Å². The standard InChI is InChI=1S/C28H30ClFN4O5S2/c1-28(2)18-40-26(32-28)25(35)21-6-5-7-22(24(21)29)39-27(36)34(41(37,38)20-11-9-19(30)10-12-20)16-14-33(15-17-34)23-8-3-4-13-31-23/h3-4,6-13,26,32H,5,14-18H2,1-2H3/q+1/t26-/m0/s1. The minimum Gasteiger partial charge on any atom is -0.379 e. The Hall–Kier alpha value is -2.77. The lowest BCUT2D eigenvalue weighted by Crippen LogP contribution is -2.65. The zero-order valence-electron chi connectivity index (χ0n) is 22.5. The Labute approximate surface area is 248 Å². The Bertz CT molecular complexity index is 1510. The third-order valence-corrected chi connectivity index (χ3v) is 11.5. The van der Waals surface area contributed by atoms with Gasteiger partial charge in [-0.3, -0.25) is 10.1 Å². The van der Waals surface area contributed by atoms with Crippen molar-refractivity contribution in [3.8, 4) is 0 Å². The van der Waals surface area contributed by atoms with Crippen LogP contribution < -0.4 is 10.2 Å². The molecular formula is C28H30ClFN4O5S2+. The number of ketones is 1. The van der Waals surface area contributed by atoms with Crippen LogP contribution >= 0.6 is 23.4 Å². The topological polar surface area (TPSA) is 106 Å². The SMILES string of the molecule is CC1(C)CS[C@@H](C(=O)C2=C(Cl)C(OC(=O)[N+]3(S(=O)(=O)c4ccc(F)cc4)CCN(c4ccccn4)CC3)=CC[CH]2)N1. The fourth-order valence-corrected chi connectivity index (χ4v) is 8.36. The number of hydrogen-bond donors (Lipinski definition) is 1. The van der Waals surface area contributed by atoms with E-state index in [-0.39, 0.29) is 65.2 Å². The fraction of sp³-hybridized carbons (Fsp3) is 0.357. The van der Waals surface area contributed by atoms with Crippen molar-refractivity contribution < 1.29 is 31.0 Å². The second kappa shape index (κ2) is 11.5. The molecule has 1 atom stereocenters. The molecule has 0 bridgehead atoms. The van der Waals surface area contributed by atoms with Crippen molar-refractivity contribution >= 4 is 51.1 Å². The number of nitrogens with one attached hydrogen (secondary N) is 1. The second-order valence-corrected chi connectivity index (χ2v) is 14.2. The lowest BCUT2D eigenvalue weighted by atomic mass is 9.99. The number of Topliss-reactive ketones (excluding diaryl/α,β-unsaturated/α-hetero) is 1. The summed E-state index contributed by atoms with van der Waals surface area (Å²) in [5.74, 6) is 0.485. The molecule has 9 nitrogen and oxygen atoms in total. The number of sulfonamides is 1. The van der Waals surface area contributed by atoms with Crippen molar-refractivity contribution in [1.82, 2.24) is 10.3 Å².